The lowest BCUT2D eigenvalue weighted by atomic mass is 10.1. The van der Waals surface area contributed by atoms with Crippen LogP contribution in [0.15, 0.2) is 69.5 Å². The summed E-state index contributed by atoms with van der Waals surface area (Å²) in [4.78, 5) is 12.7. The first-order valence-corrected chi connectivity index (χ1v) is 9.80. The minimum atomic E-state index is -0.352. The molecule has 0 saturated heterocycles. The summed E-state index contributed by atoms with van der Waals surface area (Å²) in [6, 6.07) is 18.1. The van der Waals surface area contributed by atoms with Gasteiger partial charge in [0.25, 0.3) is 5.91 Å². The Labute approximate surface area is 178 Å². The van der Waals surface area contributed by atoms with Crippen LogP contribution in [-0.2, 0) is 6.61 Å². The Morgan fingerprint density at radius 3 is 2.27 bits per heavy atom. The van der Waals surface area contributed by atoms with Gasteiger partial charge in [0.1, 0.15) is 23.9 Å². The van der Waals surface area contributed by atoms with Gasteiger partial charge < -0.3 is 19.3 Å². The van der Waals surface area contributed by atoms with E-state index in [1.165, 1.54) is 0 Å². The van der Waals surface area contributed by atoms with E-state index in [-0.39, 0.29) is 18.3 Å². The van der Waals surface area contributed by atoms with Gasteiger partial charge in [-0.05, 0) is 61.4 Å². The van der Waals surface area contributed by atoms with E-state index >= 15 is 0 Å². The molecule has 0 radical (unpaired) electrons. The second kappa shape index (κ2) is 8.22. The molecule has 30 heavy (non-hydrogen) atoms. The highest BCUT2D eigenvalue weighted by Crippen LogP contribution is 2.29. The van der Waals surface area contributed by atoms with Gasteiger partial charge in [-0.3, -0.25) is 4.79 Å². The smallest absolute Gasteiger partial charge is 0.291 e. The number of aryl methyl sites for hydroxylation is 2. The molecule has 2 aromatic carbocycles. The molecule has 1 amide bonds. The van der Waals surface area contributed by atoms with Crippen molar-refractivity contribution in [3.8, 4) is 22.6 Å². The van der Waals surface area contributed by atoms with Crippen LogP contribution in [0.2, 0.25) is 5.02 Å². The Balaban J connectivity index is 1.56. The summed E-state index contributed by atoms with van der Waals surface area (Å²) in [6.07, 6.45) is 0. The topological polar surface area (TPSA) is 75.6 Å². The second-order valence-electron chi connectivity index (χ2n) is 7.04. The van der Waals surface area contributed by atoms with Crippen LogP contribution >= 0.6 is 11.6 Å². The number of carbonyl (C=O) groups excluding carboxylic acids is 1. The Morgan fingerprint density at radius 1 is 0.900 bits per heavy atom. The molecular weight excluding hydrogens is 402 g/mol. The standard InChI is InChI=1S/C24H20ClNO4/c1-14-3-5-16(11-19(14)25)22-9-10-23(30-22)24(28)26-20-12-17(6-4-15(20)2)21-8-7-18(13-27)29-21/h3-12,27H,13H2,1-2H3,(H,26,28). The van der Waals surface area contributed by atoms with Gasteiger partial charge in [0.15, 0.2) is 5.76 Å². The molecule has 2 heterocycles. The fourth-order valence-electron chi connectivity index (χ4n) is 3.07. The molecule has 152 valence electrons. The third-order valence-corrected chi connectivity index (χ3v) is 5.28. The van der Waals surface area contributed by atoms with E-state index in [1.54, 1.807) is 24.3 Å². The number of amides is 1. The predicted octanol–water partition coefficient (Wildman–Crippen LogP) is 6.22. The molecule has 2 aromatic heterocycles. The lowest BCUT2D eigenvalue weighted by molar-refractivity contribution is 0.0997. The molecule has 0 atom stereocenters. The van der Waals surface area contributed by atoms with Gasteiger partial charge in [-0.15, -0.1) is 0 Å². The molecule has 0 fully saturated rings. The van der Waals surface area contributed by atoms with Gasteiger partial charge in [0.05, 0.1) is 0 Å². The van der Waals surface area contributed by atoms with Crippen LogP contribution in [-0.4, -0.2) is 11.0 Å². The highest BCUT2D eigenvalue weighted by molar-refractivity contribution is 6.31. The normalized spacial score (nSPS) is 10.9. The Hall–Kier alpha value is -3.28. The van der Waals surface area contributed by atoms with E-state index in [2.05, 4.69) is 5.32 Å². The second-order valence-corrected chi connectivity index (χ2v) is 7.44. The SMILES string of the molecule is Cc1ccc(-c2ccc(C(=O)Nc3cc(-c4ccc(CO)o4)ccc3C)o2)cc1Cl. The van der Waals surface area contributed by atoms with Crippen molar-refractivity contribution in [3.05, 3.63) is 88.3 Å². The first-order chi connectivity index (χ1) is 14.4. The molecule has 6 heteroatoms. The fourth-order valence-corrected chi connectivity index (χ4v) is 3.25. The van der Waals surface area contributed by atoms with Gasteiger partial charge in [-0.25, -0.2) is 0 Å². The maximum Gasteiger partial charge on any atom is 0.291 e. The number of aliphatic hydroxyl groups is 1. The van der Waals surface area contributed by atoms with E-state index in [0.717, 1.165) is 22.3 Å². The lowest BCUT2D eigenvalue weighted by Crippen LogP contribution is -2.11. The first-order valence-electron chi connectivity index (χ1n) is 9.43. The number of halogens is 1. The van der Waals surface area contributed by atoms with Crippen LogP contribution in [0.1, 0.15) is 27.4 Å². The summed E-state index contributed by atoms with van der Waals surface area (Å²) >= 11 is 6.19. The highest BCUT2D eigenvalue weighted by Gasteiger charge is 2.15. The van der Waals surface area contributed by atoms with Crippen LogP contribution < -0.4 is 5.32 Å². The molecule has 0 saturated carbocycles. The summed E-state index contributed by atoms with van der Waals surface area (Å²) in [5.74, 6) is 1.52. The molecule has 5 nitrogen and oxygen atoms in total. The fraction of sp³-hybridized carbons (Fsp3) is 0.125. The number of aliphatic hydroxyl groups excluding tert-OH is 1. The van der Waals surface area contributed by atoms with Crippen molar-refractivity contribution in [2.75, 3.05) is 5.32 Å². The number of benzene rings is 2. The maximum atomic E-state index is 12.7. The Bertz CT molecular complexity index is 1220. The third kappa shape index (κ3) is 4.03. The molecule has 4 aromatic rings. The molecule has 4 rings (SSSR count). The Morgan fingerprint density at radius 2 is 1.57 bits per heavy atom. The van der Waals surface area contributed by atoms with Gasteiger partial charge in [0.2, 0.25) is 0 Å². The van der Waals surface area contributed by atoms with Gasteiger partial charge in [-0.1, -0.05) is 35.9 Å². The molecular formula is C24H20ClNO4. The Kier molecular flexibility index (Phi) is 5.48. The molecule has 0 bridgehead atoms. The van der Waals surface area contributed by atoms with E-state index in [9.17, 15) is 9.90 Å². The van der Waals surface area contributed by atoms with Crippen molar-refractivity contribution in [1.29, 1.82) is 0 Å². The lowest BCUT2D eigenvalue weighted by Gasteiger charge is -2.09. The zero-order valence-electron chi connectivity index (χ0n) is 16.5. The summed E-state index contributed by atoms with van der Waals surface area (Å²) in [7, 11) is 0. The van der Waals surface area contributed by atoms with E-state index in [4.69, 9.17) is 20.4 Å². The zero-order valence-corrected chi connectivity index (χ0v) is 17.3. The third-order valence-electron chi connectivity index (χ3n) is 4.87. The van der Waals surface area contributed by atoms with Crippen LogP contribution in [0, 0.1) is 13.8 Å². The van der Waals surface area contributed by atoms with Gasteiger partial charge in [-0.2, -0.15) is 0 Å². The molecule has 0 unspecified atom stereocenters. The quantitative estimate of drug-likeness (QED) is 0.401. The van der Waals surface area contributed by atoms with Crippen molar-refractivity contribution >= 4 is 23.2 Å². The summed E-state index contributed by atoms with van der Waals surface area (Å²) in [5.41, 5.74) is 4.13. The van der Waals surface area contributed by atoms with Crippen molar-refractivity contribution in [2.24, 2.45) is 0 Å². The molecule has 0 aliphatic carbocycles. The van der Waals surface area contributed by atoms with Crippen molar-refractivity contribution in [3.63, 3.8) is 0 Å². The summed E-state index contributed by atoms with van der Waals surface area (Å²) in [6.45, 7) is 3.67. The average molecular weight is 422 g/mol. The van der Waals surface area contributed by atoms with Crippen LogP contribution in [0.4, 0.5) is 5.69 Å². The van der Waals surface area contributed by atoms with E-state index in [0.29, 0.717) is 28.0 Å². The minimum Gasteiger partial charge on any atom is -0.459 e. The van der Waals surface area contributed by atoms with Crippen LogP contribution in [0.25, 0.3) is 22.6 Å². The molecule has 2 N–H and O–H groups in total. The number of carbonyl (C=O) groups is 1. The summed E-state index contributed by atoms with van der Waals surface area (Å²) < 4.78 is 11.3. The van der Waals surface area contributed by atoms with Crippen molar-refractivity contribution in [1.82, 2.24) is 0 Å². The highest BCUT2D eigenvalue weighted by atomic mass is 35.5. The van der Waals surface area contributed by atoms with Crippen LogP contribution in [0.3, 0.4) is 0 Å². The van der Waals surface area contributed by atoms with Crippen molar-refractivity contribution < 1.29 is 18.7 Å². The number of hydrogen-bond acceptors (Lipinski definition) is 4. The largest absolute Gasteiger partial charge is 0.459 e. The van der Waals surface area contributed by atoms with E-state index in [1.807, 2.05) is 50.2 Å². The maximum absolute atomic E-state index is 12.7. The molecule has 0 spiro atoms. The average Bonchev–Trinajstić information content (AvgIpc) is 3.41. The zero-order chi connectivity index (χ0) is 21.3. The molecule has 0 aliphatic rings. The number of anilines is 1. The van der Waals surface area contributed by atoms with Crippen LogP contribution in [0.5, 0.6) is 0 Å². The number of furan rings is 2. The minimum absolute atomic E-state index is 0.164. The summed E-state index contributed by atoms with van der Waals surface area (Å²) in [5, 5.41) is 12.7. The number of hydrogen-bond donors (Lipinski definition) is 2. The molecule has 0 aliphatic heterocycles. The van der Waals surface area contributed by atoms with Gasteiger partial charge >= 0.3 is 0 Å². The number of rotatable bonds is 5. The predicted molar refractivity (Wildman–Crippen MR) is 117 cm³/mol. The monoisotopic (exact) mass is 421 g/mol. The van der Waals surface area contributed by atoms with Gasteiger partial charge in [0, 0.05) is 21.8 Å². The first kappa shape index (κ1) is 20.0. The number of nitrogens with one attached hydrogen (secondary N) is 1. The van der Waals surface area contributed by atoms with Crippen molar-refractivity contribution in [2.45, 2.75) is 20.5 Å². The van der Waals surface area contributed by atoms with E-state index < -0.39 is 0 Å².